The van der Waals surface area contributed by atoms with Gasteiger partial charge in [0.15, 0.2) is 0 Å². The second-order valence-corrected chi connectivity index (χ2v) is 6.13. The number of halogens is 1. The molecule has 2 rings (SSSR count). The second-order valence-electron chi connectivity index (χ2n) is 5.73. The van der Waals surface area contributed by atoms with Crippen molar-refractivity contribution in [2.24, 2.45) is 0 Å². The van der Waals surface area contributed by atoms with E-state index < -0.39 is 0 Å². The van der Waals surface area contributed by atoms with Crippen LogP contribution in [0, 0.1) is 0 Å². The van der Waals surface area contributed by atoms with Crippen LogP contribution in [0.1, 0.15) is 34.6 Å². The van der Waals surface area contributed by atoms with E-state index in [9.17, 15) is 9.59 Å². The molecule has 0 bridgehead atoms. The van der Waals surface area contributed by atoms with Crippen LogP contribution in [0.15, 0.2) is 36.4 Å². The predicted molar refractivity (Wildman–Crippen MR) is 106 cm³/mol. The molecule has 6 nitrogen and oxygen atoms in total. The molecule has 0 fully saturated rings. The van der Waals surface area contributed by atoms with E-state index in [4.69, 9.17) is 21.1 Å². The molecule has 0 radical (unpaired) electrons. The lowest BCUT2D eigenvalue weighted by Crippen LogP contribution is -2.30. The Morgan fingerprint density at radius 2 is 1.59 bits per heavy atom. The molecule has 2 aromatic carbocycles. The third kappa shape index (κ3) is 4.92. The number of rotatable bonds is 7. The number of benzene rings is 2. The highest BCUT2D eigenvalue weighted by Gasteiger charge is 2.17. The van der Waals surface area contributed by atoms with Crippen LogP contribution in [0.5, 0.6) is 11.5 Å². The van der Waals surface area contributed by atoms with Crippen molar-refractivity contribution in [3.05, 3.63) is 52.5 Å². The van der Waals surface area contributed by atoms with E-state index in [2.05, 4.69) is 5.32 Å². The third-order valence-corrected chi connectivity index (χ3v) is 4.43. The second kappa shape index (κ2) is 9.28. The Hall–Kier alpha value is -2.73. The maximum atomic E-state index is 12.5. The topological polar surface area (TPSA) is 67.9 Å². The predicted octanol–water partition coefficient (Wildman–Crippen LogP) is 4.09. The van der Waals surface area contributed by atoms with Gasteiger partial charge in [0, 0.05) is 30.4 Å². The quantitative estimate of drug-likeness (QED) is 0.773. The molecule has 0 aliphatic carbocycles. The fraction of sp³-hybridized carbons (Fsp3) is 0.300. The zero-order chi connectivity index (χ0) is 20.0. The molecule has 0 aromatic heterocycles. The molecule has 0 aliphatic rings. The molecule has 144 valence electrons. The van der Waals surface area contributed by atoms with Gasteiger partial charge in [0.05, 0.1) is 24.8 Å². The first kappa shape index (κ1) is 20.6. The standard InChI is InChI=1S/C20H23ClN2O4/c1-5-23(6-2)20(25)17-8-7-14(11-18(17)21)22-19(24)13-9-15(26-3)12-16(10-13)27-4/h7-12H,5-6H2,1-4H3,(H,22,24). The number of nitrogens with one attached hydrogen (secondary N) is 1. The van der Waals surface area contributed by atoms with Crippen LogP contribution in [0.4, 0.5) is 5.69 Å². The molecule has 0 heterocycles. The summed E-state index contributed by atoms with van der Waals surface area (Å²) in [5.74, 6) is 0.543. The number of nitrogens with zero attached hydrogens (tertiary/aromatic N) is 1. The molecule has 0 saturated heterocycles. The fourth-order valence-corrected chi connectivity index (χ4v) is 2.85. The highest BCUT2D eigenvalue weighted by molar-refractivity contribution is 6.34. The Bertz CT molecular complexity index is 812. The summed E-state index contributed by atoms with van der Waals surface area (Å²) in [4.78, 5) is 26.7. The lowest BCUT2D eigenvalue weighted by atomic mass is 10.1. The molecule has 0 unspecified atom stereocenters. The summed E-state index contributed by atoms with van der Waals surface area (Å²) in [6.07, 6.45) is 0. The van der Waals surface area contributed by atoms with E-state index in [0.29, 0.717) is 41.4 Å². The van der Waals surface area contributed by atoms with E-state index in [0.717, 1.165) is 0 Å². The first-order valence-corrected chi connectivity index (χ1v) is 8.94. The summed E-state index contributed by atoms with van der Waals surface area (Å²) in [6, 6.07) is 9.73. The van der Waals surface area contributed by atoms with E-state index in [1.54, 1.807) is 41.3 Å². The molecule has 7 heteroatoms. The van der Waals surface area contributed by atoms with Crippen LogP contribution in [0.2, 0.25) is 5.02 Å². The molecule has 2 amide bonds. The van der Waals surface area contributed by atoms with Crippen LogP contribution < -0.4 is 14.8 Å². The van der Waals surface area contributed by atoms with Crippen molar-refractivity contribution in [3.8, 4) is 11.5 Å². The highest BCUT2D eigenvalue weighted by Crippen LogP contribution is 2.25. The molecule has 0 spiro atoms. The molecule has 0 atom stereocenters. The van der Waals surface area contributed by atoms with Gasteiger partial charge < -0.3 is 19.7 Å². The van der Waals surface area contributed by atoms with Gasteiger partial charge in [-0.25, -0.2) is 0 Å². The van der Waals surface area contributed by atoms with Gasteiger partial charge >= 0.3 is 0 Å². The molecular weight excluding hydrogens is 368 g/mol. The number of hydrogen-bond acceptors (Lipinski definition) is 4. The highest BCUT2D eigenvalue weighted by atomic mass is 35.5. The van der Waals surface area contributed by atoms with Crippen LogP contribution >= 0.6 is 11.6 Å². The molecule has 0 saturated carbocycles. The molecular formula is C20H23ClN2O4. The Kier molecular flexibility index (Phi) is 7.07. The van der Waals surface area contributed by atoms with Gasteiger partial charge in [0.2, 0.25) is 0 Å². The number of carbonyl (C=O) groups is 2. The van der Waals surface area contributed by atoms with Crippen molar-refractivity contribution in [2.45, 2.75) is 13.8 Å². The summed E-state index contributed by atoms with van der Waals surface area (Å²) in [7, 11) is 3.03. The van der Waals surface area contributed by atoms with Crippen LogP contribution in [0.25, 0.3) is 0 Å². The molecule has 1 N–H and O–H groups in total. The third-order valence-electron chi connectivity index (χ3n) is 4.12. The number of amides is 2. The fourth-order valence-electron chi connectivity index (χ4n) is 2.59. The van der Waals surface area contributed by atoms with Crippen molar-refractivity contribution in [1.82, 2.24) is 4.90 Å². The monoisotopic (exact) mass is 390 g/mol. The summed E-state index contributed by atoms with van der Waals surface area (Å²) in [5.41, 5.74) is 1.27. The van der Waals surface area contributed by atoms with Gasteiger partial charge in [0.25, 0.3) is 11.8 Å². The zero-order valence-electron chi connectivity index (χ0n) is 15.8. The van der Waals surface area contributed by atoms with Gasteiger partial charge in [-0.15, -0.1) is 0 Å². The lowest BCUT2D eigenvalue weighted by molar-refractivity contribution is 0.0773. The lowest BCUT2D eigenvalue weighted by Gasteiger charge is -2.19. The first-order chi connectivity index (χ1) is 12.9. The normalized spacial score (nSPS) is 10.3. The summed E-state index contributed by atoms with van der Waals surface area (Å²) < 4.78 is 10.4. The maximum absolute atomic E-state index is 12.5. The Labute approximate surface area is 164 Å². The Morgan fingerprint density at radius 1 is 1.00 bits per heavy atom. The van der Waals surface area contributed by atoms with E-state index >= 15 is 0 Å². The molecule has 27 heavy (non-hydrogen) atoms. The number of carbonyl (C=O) groups excluding carboxylic acids is 2. The van der Waals surface area contributed by atoms with Crippen molar-refractivity contribution in [2.75, 3.05) is 32.6 Å². The smallest absolute Gasteiger partial charge is 0.255 e. The average Bonchev–Trinajstić information content (AvgIpc) is 2.68. The van der Waals surface area contributed by atoms with E-state index in [1.165, 1.54) is 14.2 Å². The summed E-state index contributed by atoms with van der Waals surface area (Å²) >= 11 is 6.27. The van der Waals surface area contributed by atoms with Crippen molar-refractivity contribution in [1.29, 1.82) is 0 Å². The largest absolute Gasteiger partial charge is 0.497 e. The molecule has 0 aliphatic heterocycles. The van der Waals surface area contributed by atoms with Gasteiger partial charge in [-0.3, -0.25) is 9.59 Å². The van der Waals surface area contributed by atoms with Gasteiger partial charge in [-0.05, 0) is 44.2 Å². The van der Waals surface area contributed by atoms with Crippen molar-refractivity contribution < 1.29 is 19.1 Å². The van der Waals surface area contributed by atoms with Crippen LogP contribution in [-0.4, -0.2) is 44.0 Å². The van der Waals surface area contributed by atoms with Crippen LogP contribution in [0.3, 0.4) is 0 Å². The zero-order valence-corrected chi connectivity index (χ0v) is 16.6. The Balaban J connectivity index is 2.22. The SMILES string of the molecule is CCN(CC)C(=O)c1ccc(NC(=O)c2cc(OC)cc(OC)c2)cc1Cl. The Morgan fingerprint density at radius 3 is 2.07 bits per heavy atom. The summed E-state index contributed by atoms with van der Waals surface area (Å²) in [6.45, 7) is 5.02. The molecule has 2 aromatic rings. The average molecular weight is 391 g/mol. The van der Waals surface area contributed by atoms with E-state index in [1.807, 2.05) is 13.8 Å². The van der Waals surface area contributed by atoms with Gasteiger partial charge in [-0.1, -0.05) is 11.6 Å². The van der Waals surface area contributed by atoms with Gasteiger partial charge in [0.1, 0.15) is 11.5 Å². The number of hydrogen-bond donors (Lipinski definition) is 1. The van der Waals surface area contributed by atoms with Crippen LogP contribution in [-0.2, 0) is 0 Å². The summed E-state index contributed by atoms with van der Waals surface area (Å²) in [5, 5.41) is 3.05. The minimum absolute atomic E-state index is 0.139. The van der Waals surface area contributed by atoms with Crippen molar-refractivity contribution in [3.63, 3.8) is 0 Å². The maximum Gasteiger partial charge on any atom is 0.255 e. The van der Waals surface area contributed by atoms with E-state index in [-0.39, 0.29) is 16.8 Å². The number of ether oxygens (including phenoxy) is 2. The first-order valence-electron chi connectivity index (χ1n) is 8.56. The van der Waals surface area contributed by atoms with Crippen molar-refractivity contribution >= 4 is 29.1 Å². The number of anilines is 1. The van der Waals surface area contributed by atoms with Gasteiger partial charge in [-0.2, -0.15) is 0 Å². The minimum atomic E-state index is -0.342. The minimum Gasteiger partial charge on any atom is -0.497 e. The number of methoxy groups -OCH3 is 2.